The average Bonchev–Trinajstić information content (AvgIpc) is 2.86. The minimum absolute atomic E-state index is 0.0348. The molecule has 0 amide bonds. The number of alkyl halides is 1. The second kappa shape index (κ2) is 10.4. The Morgan fingerprint density at radius 3 is 2.56 bits per heavy atom. The molecule has 0 aromatic heterocycles. The van der Waals surface area contributed by atoms with Crippen molar-refractivity contribution in [2.24, 2.45) is 11.8 Å². The maximum absolute atomic E-state index is 10.5. The lowest BCUT2D eigenvalue weighted by Gasteiger charge is -2.23. The van der Waals surface area contributed by atoms with Crippen molar-refractivity contribution in [3.63, 3.8) is 0 Å². The first kappa shape index (κ1) is 22.1. The monoisotopic (exact) mass is 414 g/mol. The van der Waals surface area contributed by atoms with E-state index in [2.05, 4.69) is 0 Å². The van der Waals surface area contributed by atoms with Crippen LogP contribution in [0.5, 0.6) is 5.75 Å². The summed E-state index contributed by atoms with van der Waals surface area (Å²) in [5.74, 6) is 0.0787. The van der Waals surface area contributed by atoms with E-state index in [9.17, 15) is 9.90 Å². The van der Waals surface area contributed by atoms with Crippen LogP contribution in [0.15, 0.2) is 24.3 Å². The third-order valence-electron chi connectivity index (χ3n) is 5.16. The van der Waals surface area contributed by atoms with Crippen LogP contribution in [-0.4, -0.2) is 34.3 Å². The van der Waals surface area contributed by atoms with E-state index in [4.69, 9.17) is 33.0 Å². The van der Waals surface area contributed by atoms with Gasteiger partial charge in [0.1, 0.15) is 5.75 Å². The number of rotatable bonds is 9. The van der Waals surface area contributed by atoms with E-state index in [1.165, 1.54) is 0 Å². The number of carboxylic acid groups (broad SMARTS) is 1. The summed E-state index contributed by atoms with van der Waals surface area (Å²) in [6.45, 7) is 4.29. The molecule has 4 atom stereocenters. The number of aryl methyl sites for hydroxylation is 2. The number of aliphatic hydroxyl groups is 1. The van der Waals surface area contributed by atoms with Gasteiger partial charge in [0.15, 0.2) is 0 Å². The molecule has 0 aliphatic heterocycles. The molecule has 2 N–H and O–H groups in total. The van der Waals surface area contributed by atoms with Crippen LogP contribution >= 0.6 is 23.2 Å². The predicted octanol–water partition coefficient (Wildman–Crippen LogP) is 5.14. The van der Waals surface area contributed by atoms with Crippen LogP contribution < -0.4 is 4.74 Å². The fourth-order valence-electron chi connectivity index (χ4n) is 3.62. The largest absolute Gasteiger partial charge is 0.493 e. The van der Waals surface area contributed by atoms with Gasteiger partial charge in [0.2, 0.25) is 0 Å². The van der Waals surface area contributed by atoms with Crippen LogP contribution in [0.1, 0.15) is 43.2 Å². The van der Waals surface area contributed by atoms with Crippen molar-refractivity contribution in [3.05, 3.63) is 40.4 Å². The van der Waals surface area contributed by atoms with Gasteiger partial charge in [-0.1, -0.05) is 23.8 Å². The first-order valence-electron chi connectivity index (χ1n) is 9.38. The highest BCUT2D eigenvalue weighted by molar-refractivity contribution is 6.32. The van der Waals surface area contributed by atoms with E-state index in [0.717, 1.165) is 34.7 Å². The third kappa shape index (κ3) is 6.41. The predicted molar refractivity (Wildman–Crippen MR) is 109 cm³/mol. The van der Waals surface area contributed by atoms with Crippen molar-refractivity contribution < 1.29 is 19.7 Å². The Hall–Kier alpha value is -1.23. The van der Waals surface area contributed by atoms with Gasteiger partial charge in [0.25, 0.3) is 0 Å². The number of carboxylic acids is 1. The zero-order valence-corrected chi connectivity index (χ0v) is 17.3. The lowest BCUT2D eigenvalue weighted by Crippen LogP contribution is -2.27. The van der Waals surface area contributed by atoms with E-state index < -0.39 is 12.1 Å². The van der Waals surface area contributed by atoms with Gasteiger partial charge in [0, 0.05) is 22.7 Å². The quantitative estimate of drug-likeness (QED) is 0.333. The molecule has 0 saturated heterocycles. The minimum Gasteiger partial charge on any atom is -0.493 e. The highest BCUT2D eigenvalue weighted by atomic mass is 35.5. The normalized spacial score (nSPS) is 25.2. The highest BCUT2D eigenvalue weighted by Gasteiger charge is 2.41. The fraction of sp³-hybridized carbons (Fsp3) is 0.571. The number of allylic oxidation sites excluding steroid dienone is 2. The number of hydrogen-bond acceptors (Lipinski definition) is 3. The Morgan fingerprint density at radius 1 is 1.26 bits per heavy atom. The van der Waals surface area contributed by atoms with Crippen LogP contribution in [0.4, 0.5) is 0 Å². The molecule has 4 nitrogen and oxygen atoms in total. The molecule has 6 heteroatoms. The summed E-state index contributed by atoms with van der Waals surface area (Å²) in [4.78, 5) is 10.5. The van der Waals surface area contributed by atoms with Gasteiger partial charge in [-0.2, -0.15) is 0 Å². The molecule has 1 aliphatic carbocycles. The minimum atomic E-state index is -0.770. The summed E-state index contributed by atoms with van der Waals surface area (Å²) in [6.07, 6.45) is 6.43. The van der Waals surface area contributed by atoms with Crippen LogP contribution in [0.25, 0.3) is 0 Å². The Labute approximate surface area is 171 Å². The molecular formula is C21H28Cl2O4. The molecule has 0 radical (unpaired) electrons. The lowest BCUT2D eigenvalue weighted by molar-refractivity contribution is -0.137. The van der Waals surface area contributed by atoms with Crippen LogP contribution in [0.2, 0.25) is 5.02 Å². The molecule has 2 rings (SSSR count). The Bertz CT molecular complexity index is 651. The molecule has 0 bridgehead atoms. The average molecular weight is 415 g/mol. The van der Waals surface area contributed by atoms with Crippen LogP contribution in [0.3, 0.4) is 0 Å². The first-order chi connectivity index (χ1) is 12.8. The van der Waals surface area contributed by atoms with E-state index in [-0.39, 0.29) is 23.6 Å². The summed E-state index contributed by atoms with van der Waals surface area (Å²) in [6, 6.07) is 3.82. The van der Waals surface area contributed by atoms with Crippen molar-refractivity contribution in [2.75, 3.05) is 6.61 Å². The van der Waals surface area contributed by atoms with Gasteiger partial charge < -0.3 is 14.9 Å². The van der Waals surface area contributed by atoms with Crippen molar-refractivity contribution in [1.82, 2.24) is 0 Å². The second-order valence-corrected chi connectivity index (χ2v) is 8.26. The fourth-order valence-corrected chi connectivity index (χ4v) is 4.20. The van der Waals surface area contributed by atoms with Gasteiger partial charge in [0.05, 0.1) is 12.7 Å². The third-order valence-corrected chi connectivity index (χ3v) is 6.26. The second-order valence-electron chi connectivity index (χ2n) is 7.32. The smallest absolute Gasteiger partial charge is 0.303 e. The standard InChI is InChI=1S/C21H28Cl2O4/c1-13-9-15(10-14(2)21(13)23)27-12-17-16(18(22)11-19(17)24)7-5-3-4-6-8-20(25)26/h3,5,9-10,16-19,24H,4,6-8,11-12H2,1-2H3,(H,25,26)/b5-3-/t16-,17-,18?,19-/m1/s1. The van der Waals surface area contributed by atoms with Gasteiger partial charge in [-0.05, 0) is 68.7 Å². The number of ether oxygens (including phenoxy) is 1. The van der Waals surface area contributed by atoms with Gasteiger partial charge in [-0.3, -0.25) is 4.79 Å². The summed E-state index contributed by atoms with van der Waals surface area (Å²) in [5, 5.41) is 19.7. The van der Waals surface area contributed by atoms with Crippen molar-refractivity contribution >= 4 is 29.2 Å². The van der Waals surface area contributed by atoms with Crippen molar-refractivity contribution in [2.45, 2.75) is 57.4 Å². The number of benzene rings is 1. The first-order valence-corrected chi connectivity index (χ1v) is 10.2. The Balaban J connectivity index is 1.91. The summed E-state index contributed by atoms with van der Waals surface area (Å²) >= 11 is 12.7. The summed E-state index contributed by atoms with van der Waals surface area (Å²) in [5.41, 5.74) is 1.93. The molecule has 27 heavy (non-hydrogen) atoms. The molecule has 1 fully saturated rings. The lowest BCUT2D eigenvalue weighted by atomic mass is 9.92. The van der Waals surface area contributed by atoms with Crippen LogP contribution in [-0.2, 0) is 4.79 Å². The Morgan fingerprint density at radius 2 is 1.93 bits per heavy atom. The van der Waals surface area contributed by atoms with Gasteiger partial charge in [-0.15, -0.1) is 11.6 Å². The van der Waals surface area contributed by atoms with Crippen LogP contribution in [0, 0.1) is 25.7 Å². The molecule has 1 aromatic rings. The zero-order valence-electron chi connectivity index (χ0n) is 15.8. The molecule has 0 spiro atoms. The van der Waals surface area contributed by atoms with E-state index >= 15 is 0 Å². The van der Waals surface area contributed by atoms with E-state index in [0.29, 0.717) is 19.4 Å². The molecule has 0 heterocycles. The number of carbonyl (C=O) groups is 1. The molecule has 150 valence electrons. The van der Waals surface area contributed by atoms with E-state index in [1.807, 2.05) is 38.1 Å². The Kier molecular flexibility index (Phi) is 8.46. The number of hydrogen-bond donors (Lipinski definition) is 2. The summed E-state index contributed by atoms with van der Waals surface area (Å²) in [7, 11) is 0. The summed E-state index contributed by atoms with van der Waals surface area (Å²) < 4.78 is 5.96. The molecule has 1 aromatic carbocycles. The molecule has 1 saturated carbocycles. The molecular weight excluding hydrogens is 387 g/mol. The van der Waals surface area contributed by atoms with Crippen molar-refractivity contribution in [1.29, 1.82) is 0 Å². The maximum Gasteiger partial charge on any atom is 0.303 e. The van der Waals surface area contributed by atoms with Crippen molar-refractivity contribution in [3.8, 4) is 5.75 Å². The maximum atomic E-state index is 10.5. The zero-order chi connectivity index (χ0) is 20.0. The van der Waals surface area contributed by atoms with Gasteiger partial charge in [-0.25, -0.2) is 0 Å². The SMILES string of the molecule is Cc1cc(OC[C@H]2[C@H](O)CC(Cl)[C@@H]2C/C=C\CCCC(=O)O)cc(C)c1Cl. The molecule has 1 aliphatic rings. The molecule has 1 unspecified atom stereocenters. The highest BCUT2D eigenvalue weighted by Crippen LogP contribution is 2.39. The number of aliphatic hydroxyl groups excluding tert-OH is 1. The number of aliphatic carboxylic acids is 1. The topological polar surface area (TPSA) is 66.8 Å². The van der Waals surface area contributed by atoms with E-state index in [1.54, 1.807) is 0 Å². The van der Waals surface area contributed by atoms with Gasteiger partial charge >= 0.3 is 5.97 Å². The number of unbranched alkanes of at least 4 members (excludes halogenated alkanes) is 1. The number of halogens is 2.